The summed E-state index contributed by atoms with van der Waals surface area (Å²) in [6.07, 6.45) is 0. The van der Waals surface area contributed by atoms with Crippen molar-refractivity contribution >= 4 is 27.6 Å². The Morgan fingerprint density at radius 1 is 1.33 bits per heavy atom. The molecule has 0 heterocycles. The number of carbonyl (C=O) groups excluding carboxylic acids is 1. The SMILES string of the molecule is COC(=O)C(NS(=O)(=O)c1ccc(C)cc1Cl)C(C)(C)C. The maximum absolute atomic E-state index is 12.4. The van der Waals surface area contributed by atoms with Crippen molar-refractivity contribution < 1.29 is 17.9 Å². The van der Waals surface area contributed by atoms with Crippen LogP contribution in [-0.4, -0.2) is 27.5 Å². The van der Waals surface area contributed by atoms with Crippen LogP contribution < -0.4 is 4.72 Å². The van der Waals surface area contributed by atoms with Gasteiger partial charge >= 0.3 is 5.97 Å². The van der Waals surface area contributed by atoms with E-state index in [1.807, 2.05) is 6.92 Å². The molecule has 0 aromatic heterocycles. The highest BCUT2D eigenvalue weighted by molar-refractivity contribution is 7.89. The number of esters is 1. The lowest BCUT2D eigenvalue weighted by molar-refractivity contribution is -0.145. The Morgan fingerprint density at radius 2 is 1.90 bits per heavy atom. The van der Waals surface area contributed by atoms with Gasteiger partial charge in [-0.25, -0.2) is 8.42 Å². The van der Waals surface area contributed by atoms with Crippen molar-refractivity contribution in [2.45, 2.75) is 38.6 Å². The standard InChI is InChI=1S/C14H20ClNO4S/c1-9-6-7-11(10(15)8-9)21(18,19)16-12(13(17)20-5)14(2,3)4/h6-8,12,16H,1-5H3. The van der Waals surface area contributed by atoms with E-state index in [1.165, 1.54) is 13.2 Å². The number of carbonyl (C=O) groups is 1. The van der Waals surface area contributed by atoms with Gasteiger partial charge in [-0.05, 0) is 30.0 Å². The van der Waals surface area contributed by atoms with Gasteiger partial charge in [0.1, 0.15) is 10.9 Å². The number of methoxy groups -OCH3 is 1. The minimum absolute atomic E-state index is 0.0621. The number of rotatable bonds is 4. The maximum atomic E-state index is 12.4. The third-order valence-electron chi connectivity index (χ3n) is 2.95. The molecule has 1 aromatic carbocycles. The van der Waals surface area contributed by atoms with Gasteiger partial charge in [0.25, 0.3) is 0 Å². The second-order valence-corrected chi connectivity index (χ2v) is 7.97. The number of sulfonamides is 1. The van der Waals surface area contributed by atoms with E-state index in [9.17, 15) is 13.2 Å². The number of hydrogen-bond donors (Lipinski definition) is 1. The summed E-state index contributed by atoms with van der Waals surface area (Å²) in [5, 5.41) is 0.111. The van der Waals surface area contributed by atoms with Crippen molar-refractivity contribution in [3.05, 3.63) is 28.8 Å². The van der Waals surface area contributed by atoms with Crippen molar-refractivity contribution in [2.24, 2.45) is 5.41 Å². The molecule has 0 bridgehead atoms. The molecule has 5 nitrogen and oxygen atoms in total. The van der Waals surface area contributed by atoms with E-state index < -0.39 is 27.4 Å². The quantitative estimate of drug-likeness (QED) is 0.859. The van der Waals surface area contributed by atoms with Crippen molar-refractivity contribution in [3.63, 3.8) is 0 Å². The van der Waals surface area contributed by atoms with E-state index in [1.54, 1.807) is 32.9 Å². The average molecular weight is 334 g/mol. The fourth-order valence-electron chi connectivity index (χ4n) is 1.74. The van der Waals surface area contributed by atoms with Gasteiger partial charge in [0.15, 0.2) is 0 Å². The van der Waals surface area contributed by atoms with Crippen LogP contribution in [0.5, 0.6) is 0 Å². The summed E-state index contributed by atoms with van der Waals surface area (Å²) in [7, 11) is -2.71. The summed E-state index contributed by atoms with van der Waals surface area (Å²) in [6.45, 7) is 7.04. The molecule has 1 unspecified atom stereocenters. The molecule has 0 saturated heterocycles. The van der Waals surface area contributed by atoms with E-state index in [-0.39, 0.29) is 9.92 Å². The van der Waals surface area contributed by atoms with Gasteiger partial charge in [-0.3, -0.25) is 4.79 Å². The smallest absolute Gasteiger partial charge is 0.324 e. The van der Waals surface area contributed by atoms with E-state index in [2.05, 4.69) is 9.46 Å². The summed E-state index contributed by atoms with van der Waals surface area (Å²) in [5.41, 5.74) is 0.205. The van der Waals surface area contributed by atoms with E-state index in [4.69, 9.17) is 11.6 Å². The molecule has 1 aromatic rings. The Balaban J connectivity index is 3.21. The molecule has 21 heavy (non-hydrogen) atoms. The number of ether oxygens (including phenoxy) is 1. The lowest BCUT2D eigenvalue weighted by Gasteiger charge is -2.28. The molecule has 0 saturated carbocycles. The molecule has 0 radical (unpaired) electrons. The number of nitrogens with one attached hydrogen (secondary N) is 1. The molecule has 0 aliphatic carbocycles. The van der Waals surface area contributed by atoms with Crippen molar-refractivity contribution in [2.75, 3.05) is 7.11 Å². The predicted octanol–water partition coefficient (Wildman–Crippen LogP) is 2.51. The lowest BCUT2D eigenvalue weighted by Crippen LogP contribution is -2.49. The first kappa shape index (κ1) is 17.9. The van der Waals surface area contributed by atoms with Gasteiger partial charge in [-0.15, -0.1) is 0 Å². The Kier molecular flexibility index (Phi) is 5.41. The monoisotopic (exact) mass is 333 g/mol. The van der Waals surface area contributed by atoms with Crippen LogP contribution in [0.15, 0.2) is 23.1 Å². The van der Waals surface area contributed by atoms with Gasteiger partial charge < -0.3 is 4.74 Å². The molecule has 118 valence electrons. The van der Waals surface area contributed by atoms with Gasteiger partial charge in [0.05, 0.1) is 12.1 Å². The molecule has 0 fully saturated rings. The van der Waals surface area contributed by atoms with Gasteiger partial charge in [0.2, 0.25) is 10.0 Å². The maximum Gasteiger partial charge on any atom is 0.324 e. The van der Waals surface area contributed by atoms with Crippen molar-refractivity contribution in [1.29, 1.82) is 0 Å². The van der Waals surface area contributed by atoms with Crippen molar-refractivity contribution in [1.82, 2.24) is 4.72 Å². The second kappa shape index (κ2) is 6.34. The first-order valence-corrected chi connectivity index (χ1v) is 8.21. The molecule has 0 aliphatic rings. The molecule has 0 spiro atoms. The Morgan fingerprint density at radius 3 is 2.33 bits per heavy atom. The highest BCUT2D eigenvalue weighted by atomic mass is 35.5. The Hall–Kier alpha value is -1.11. The summed E-state index contributed by atoms with van der Waals surface area (Å²) in [5.74, 6) is -0.644. The molecule has 1 atom stereocenters. The molecule has 7 heteroatoms. The average Bonchev–Trinajstić information content (AvgIpc) is 2.33. The molecule has 0 amide bonds. The van der Waals surface area contributed by atoms with Crippen LogP contribution in [0.1, 0.15) is 26.3 Å². The molecule has 1 rings (SSSR count). The van der Waals surface area contributed by atoms with E-state index >= 15 is 0 Å². The number of aryl methyl sites for hydroxylation is 1. The van der Waals surface area contributed by atoms with E-state index in [0.717, 1.165) is 5.56 Å². The Labute approximate surface area is 130 Å². The van der Waals surface area contributed by atoms with E-state index in [0.29, 0.717) is 0 Å². The minimum Gasteiger partial charge on any atom is -0.468 e. The number of hydrogen-bond acceptors (Lipinski definition) is 4. The lowest BCUT2D eigenvalue weighted by atomic mass is 9.87. The van der Waals surface area contributed by atoms with Crippen LogP contribution in [0.3, 0.4) is 0 Å². The third-order valence-corrected chi connectivity index (χ3v) is 4.86. The van der Waals surface area contributed by atoms with Crippen LogP contribution in [0.25, 0.3) is 0 Å². The zero-order valence-corrected chi connectivity index (χ0v) is 14.3. The predicted molar refractivity (Wildman–Crippen MR) is 81.8 cm³/mol. The fourth-order valence-corrected chi connectivity index (χ4v) is 3.73. The molecule has 1 N–H and O–H groups in total. The fraction of sp³-hybridized carbons (Fsp3) is 0.500. The third kappa shape index (κ3) is 4.43. The summed E-state index contributed by atoms with van der Waals surface area (Å²) >= 11 is 5.99. The largest absolute Gasteiger partial charge is 0.468 e. The van der Waals surface area contributed by atoms with Crippen LogP contribution >= 0.6 is 11.6 Å². The normalized spacial score (nSPS) is 13.8. The van der Waals surface area contributed by atoms with Crippen molar-refractivity contribution in [3.8, 4) is 0 Å². The highest BCUT2D eigenvalue weighted by Crippen LogP contribution is 2.26. The molecular weight excluding hydrogens is 314 g/mol. The van der Waals surface area contributed by atoms with Crippen LogP contribution in [0.2, 0.25) is 5.02 Å². The number of halogens is 1. The topological polar surface area (TPSA) is 72.5 Å². The first-order chi connectivity index (χ1) is 9.49. The van der Waals surface area contributed by atoms with Gasteiger partial charge in [-0.2, -0.15) is 4.72 Å². The second-order valence-electron chi connectivity index (χ2n) is 5.88. The summed E-state index contributed by atoms with van der Waals surface area (Å²) in [6, 6.07) is 3.60. The summed E-state index contributed by atoms with van der Waals surface area (Å²) < 4.78 is 31.9. The zero-order chi connectivity index (χ0) is 16.4. The Bertz CT molecular complexity index is 635. The van der Waals surface area contributed by atoms with Gasteiger partial charge in [-0.1, -0.05) is 38.4 Å². The first-order valence-electron chi connectivity index (χ1n) is 6.35. The zero-order valence-electron chi connectivity index (χ0n) is 12.7. The highest BCUT2D eigenvalue weighted by Gasteiger charge is 2.36. The van der Waals surface area contributed by atoms with Crippen LogP contribution in [-0.2, 0) is 19.6 Å². The minimum atomic E-state index is -3.93. The summed E-state index contributed by atoms with van der Waals surface area (Å²) in [4.78, 5) is 11.8. The molecule has 0 aliphatic heterocycles. The van der Waals surface area contributed by atoms with Gasteiger partial charge in [0, 0.05) is 0 Å². The van der Waals surface area contributed by atoms with Crippen LogP contribution in [0.4, 0.5) is 0 Å². The molecular formula is C14H20ClNO4S. The number of benzene rings is 1. The van der Waals surface area contributed by atoms with Crippen LogP contribution in [0, 0.1) is 12.3 Å².